The van der Waals surface area contributed by atoms with Crippen LogP contribution in [0.25, 0.3) is 0 Å². The van der Waals surface area contributed by atoms with Gasteiger partial charge in [-0.2, -0.15) is 0 Å². The fourth-order valence-corrected chi connectivity index (χ4v) is 3.17. The van der Waals surface area contributed by atoms with Crippen molar-refractivity contribution in [2.24, 2.45) is 16.6 Å². The van der Waals surface area contributed by atoms with Crippen LogP contribution in [0.2, 0.25) is 0 Å². The fourth-order valence-electron chi connectivity index (χ4n) is 2.33. The van der Waals surface area contributed by atoms with Gasteiger partial charge in [-0.3, -0.25) is 10.3 Å². The molecule has 0 aromatic carbocycles. The lowest BCUT2D eigenvalue weighted by atomic mass is 9.87. The zero-order chi connectivity index (χ0) is 15.1. The van der Waals surface area contributed by atoms with Crippen LogP contribution in [0.15, 0.2) is 4.99 Å². The van der Waals surface area contributed by atoms with Gasteiger partial charge >= 0.3 is 6.09 Å². The molecule has 3 N–H and O–H groups in total. The number of alkyl carbamates (subject to hydrolysis) is 1. The van der Waals surface area contributed by atoms with Gasteiger partial charge < -0.3 is 10.5 Å². The molecule has 0 aromatic heterocycles. The highest BCUT2D eigenvalue weighted by molar-refractivity contribution is 8.13. The van der Waals surface area contributed by atoms with Gasteiger partial charge in [-0.1, -0.05) is 0 Å². The van der Waals surface area contributed by atoms with Crippen molar-refractivity contribution < 1.29 is 9.53 Å². The minimum Gasteiger partial charge on any atom is -0.447 e. The van der Waals surface area contributed by atoms with Gasteiger partial charge in [-0.05, 0) is 52.7 Å². The van der Waals surface area contributed by atoms with E-state index in [2.05, 4.69) is 10.3 Å². The minimum absolute atomic E-state index is 0.119. The lowest BCUT2D eigenvalue weighted by Crippen LogP contribution is -2.35. The van der Waals surface area contributed by atoms with Gasteiger partial charge in [0.2, 0.25) is 0 Å². The number of rotatable bonds is 4. The smallest absolute Gasteiger partial charge is 0.409 e. The molecule has 1 amide bonds. The number of nitrogens with one attached hydrogen (secondary N) is 1. The second-order valence-electron chi connectivity index (χ2n) is 5.56. The molecule has 5 nitrogen and oxygen atoms in total. The molecule has 0 bridgehead atoms. The van der Waals surface area contributed by atoms with Crippen LogP contribution in [0.4, 0.5) is 4.79 Å². The number of thioether (sulfide) groups is 1. The molecule has 116 valence electrons. The van der Waals surface area contributed by atoms with Gasteiger partial charge in [0.25, 0.3) is 0 Å². The molecular weight excluding hydrogens is 274 g/mol. The van der Waals surface area contributed by atoms with Crippen LogP contribution >= 0.6 is 11.8 Å². The first-order chi connectivity index (χ1) is 9.42. The number of ether oxygens (including phenoxy) is 1. The Morgan fingerprint density at radius 2 is 1.90 bits per heavy atom. The third-order valence-electron chi connectivity index (χ3n) is 3.32. The Hall–Kier alpha value is -0.750. The highest BCUT2D eigenvalue weighted by atomic mass is 32.2. The van der Waals surface area contributed by atoms with E-state index in [1.165, 1.54) is 0 Å². The Morgan fingerprint density at radius 3 is 2.40 bits per heavy atom. The van der Waals surface area contributed by atoms with Gasteiger partial charge in [-0.15, -0.1) is 11.8 Å². The molecule has 1 atom stereocenters. The number of nitrogens with two attached hydrogens (primary N) is 1. The molecule has 1 aliphatic rings. The predicted molar refractivity (Wildman–Crippen MR) is 85.1 cm³/mol. The van der Waals surface area contributed by atoms with Crippen molar-refractivity contribution in [2.45, 2.75) is 64.8 Å². The number of aliphatic imine (C=N–C) groups is 1. The number of carbonyl (C=O) groups is 1. The Balaban J connectivity index is 2.52. The molecule has 1 aliphatic carbocycles. The standard InChI is InChI=1S/C14H27N3O2S/c1-9(2)19-14(18)17-10(3)16-13(20-4)11-5-7-12(15)8-6-11/h9-12H,5-8,15H2,1-4H3,(H,17,18)/b16-13-/t10?,11-,12-. The fraction of sp³-hybridized carbons (Fsp3) is 0.857. The predicted octanol–water partition coefficient (Wildman–Crippen LogP) is 2.75. The Kier molecular flexibility index (Phi) is 7.37. The van der Waals surface area contributed by atoms with Crippen LogP contribution in [0.3, 0.4) is 0 Å². The van der Waals surface area contributed by atoms with Gasteiger partial charge in [0.1, 0.15) is 6.17 Å². The minimum atomic E-state index is -0.414. The average molecular weight is 301 g/mol. The summed E-state index contributed by atoms with van der Waals surface area (Å²) in [5.41, 5.74) is 5.93. The van der Waals surface area contributed by atoms with E-state index in [1.807, 2.05) is 27.0 Å². The first-order valence-electron chi connectivity index (χ1n) is 7.26. The Bertz CT molecular complexity index is 339. The van der Waals surface area contributed by atoms with Crippen molar-refractivity contribution in [3.8, 4) is 0 Å². The summed E-state index contributed by atoms with van der Waals surface area (Å²) in [5.74, 6) is 0.482. The Morgan fingerprint density at radius 1 is 1.30 bits per heavy atom. The second kappa shape index (κ2) is 8.52. The van der Waals surface area contributed by atoms with E-state index in [0.29, 0.717) is 12.0 Å². The van der Waals surface area contributed by atoms with E-state index in [9.17, 15) is 4.79 Å². The SMILES string of the molecule is CS/C(=N\C(C)NC(=O)OC(C)C)[C@H]1CC[C@H](N)CC1. The number of carbonyl (C=O) groups excluding carboxylic acids is 1. The van der Waals surface area contributed by atoms with E-state index < -0.39 is 6.09 Å². The van der Waals surface area contributed by atoms with Crippen LogP contribution in [-0.4, -0.2) is 35.7 Å². The van der Waals surface area contributed by atoms with Crippen LogP contribution in [0, 0.1) is 5.92 Å². The third-order valence-corrected chi connectivity index (χ3v) is 4.18. The topological polar surface area (TPSA) is 76.7 Å². The summed E-state index contributed by atoms with van der Waals surface area (Å²) in [7, 11) is 0. The number of nitrogens with zero attached hydrogens (tertiary/aromatic N) is 1. The summed E-state index contributed by atoms with van der Waals surface area (Å²) in [6, 6.07) is 0.339. The Labute approximate surface area is 126 Å². The molecule has 20 heavy (non-hydrogen) atoms. The molecule has 0 spiro atoms. The molecule has 1 fully saturated rings. The van der Waals surface area contributed by atoms with Crippen molar-refractivity contribution in [1.29, 1.82) is 0 Å². The summed E-state index contributed by atoms with van der Waals surface area (Å²) < 4.78 is 5.05. The van der Waals surface area contributed by atoms with Gasteiger partial charge in [-0.25, -0.2) is 4.79 Å². The molecule has 0 aromatic rings. The van der Waals surface area contributed by atoms with E-state index in [-0.39, 0.29) is 12.3 Å². The quantitative estimate of drug-likeness (QED) is 0.618. The normalized spacial score (nSPS) is 25.4. The molecule has 6 heteroatoms. The highest BCUT2D eigenvalue weighted by Gasteiger charge is 2.23. The molecule has 0 heterocycles. The number of hydrogen-bond donors (Lipinski definition) is 2. The molecule has 1 saturated carbocycles. The highest BCUT2D eigenvalue weighted by Crippen LogP contribution is 2.28. The monoisotopic (exact) mass is 301 g/mol. The van der Waals surface area contributed by atoms with E-state index in [0.717, 1.165) is 30.7 Å². The van der Waals surface area contributed by atoms with Crippen molar-refractivity contribution in [3.63, 3.8) is 0 Å². The summed E-state index contributed by atoms with van der Waals surface area (Å²) in [6.45, 7) is 5.52. The molecule has 0 saturated heterocycles. The summed E-state index contributed by atoms with van der Waals surface area (Å²) >= 11 is 1.66. The molecule has 0 aliphatic heterocycles. The van der Waals surface area contributed by atoms with Gasteiger partial charge in [0, 0.05) is 12.0 Å². The molecular formula is C14H27N3O2S. The van der Waals surface area contributed by atoms with Crippen molar-refractivity contribution >= 4 is 22.9 Å². The molecule has 1 rings (SSSR count). The first-order valence-corrected chi connectivity index (χ1v) is 8.49. The van der Waals surface area contributed by atoms with Crippen molar-refractivity contribution in [1.82, 2.24) is 5.32 Å². The maximum atomic E-state index is 11.5. The van der Waals surface area contributed by atoms with E-state index in [4.69, 9.17) is 10.5 Å². The van der Waals surface area contributed by atoms with Crippen molar-refractivity contribution in [2.75, 3.05) is 6.26 Å². The lowest BCUT2D eigenvalue weighted by Gasteiger charge is -2.27. The summed E-state index contributed by atoms with van der Waals surface area (Å²) in [6.07, 6.45) is 5.52. The van der Waals surface area contributed by atoms with Gasteiger partial charge in [0.15, 0.2) is 0 Å². The maximum Gasteiger partial charge on any atom is 0.409 e. The maximum absolute atomic E-state index is 11.5. The van der Waals surface area contributed by atoms with E-state index in [1.54, 1.807) is 11.8 Å². The van der Waals surface area contributed by atoms with Gasteiger partial charge in [0.05, 0.1) is 11.1 Å². The zero-order valence-electron chi connectivity index (χ0n) is 12.9. The zero-order valence-corrected chi connectivity index (χ0v) is 13.7. The number of hydrogen-bond acceptors (Lipinski definition) is 5. The average Bonchev–Trinajstić information content (AvgIpc) is 2.36. The van der Waals surface area contributed by atoms with Crippen LogP contribution in [0.5, 0.6) is 0 Å². The first kappa shape index (κ1) is 17.3. The van der Waals surface area contributed by atoms with Crippen LogP contribution in [-0.2, 0) is 4.74 Å². The lowest BCUT2D eigenvalue weighted by molar-refractivity contribution is 0.113. The van der Waals surface area contributed by atoms with Crippen LogP contribution in [0.1, 0.15) is 46.5 Å². The summed E-state index contributed by atoms with van der Waals surface area (Å²) in [5, 5.41) is 3.84. The number of amides is 1. The summed E-state index contributed by atoms with van der Waals surface area (Å²) in [4.78, 5) is 16.1. The largest absolute Gasteiger partial charge is 0.447 e. The molecule has 0 radical (unpaired) electrons. The van der Waals surface area contributed by atoms with Crippen molar-refractivity contribution in [3.05, 3.63) is 0 Å². The molecule has 1 unspecified atom stereocenters. The van der Waals surface area contributed by atoms with Crippen LogP contribution < -0.4 is 11.1 Å². The second-order valence-corrected chi connectivity index (χ2v) is 6.38. The van der Waals surface area contributed by atoms with E-state index >= 15 is 0 Å². The third kappa shape index (κ3) is 6.13.